The molecule has 0 atom stereocenters. The lowest BCUT2D eigenvalue weighted by Crippen LogP contribution is -2.31. The van der Waals surface area contributed by atoms with E-state index in [2.05, 4.69) is 5.43 Å². The molecule has 1 amide bonds. The first-order valence-corrected chi connectivity index (χ1v) is 4.83. The number of hydrogen-bond donors (Lipinski definition) is 2. The second kappa shape index (κ2) is 5.36. The lowest BCUT2D eigenvalue weighted by Gasteiger charge is -2.07. The molecule has 1 rings (SSSR count). The number of carbonyl (C=O) groups excluding carboxylic acids is 1. The predicted octanol–water partition coefficient (Wildman–Crippen LogP) is 1.06. The zero-order valence-electron chi connectivity index (χ0n) is 9.04. The molecule has 0 fully saturated rings. The van der Waals surface area contributed by atoms with Crippen molar-refractivity contribution in [3.05, 3.63) is 29.3 Å². The third-order valence-electron chi connectivity index (χ3n) is 2.24. The number of carbonyl (C=O) groups is 1. The van der Waals surface area contributed by atoms with E-state index in [0.717, 1.165) is 5.75 Å². The van der Waals surface area contributed by atoms with Crippen LogP contribution in [0.5, 0.6) is 5.75 Å². The Morgan fingerprint density at radius 1 is 1.40 bits per heavy atom. The Morgan fingerprint density at radius 2 is 2.13 bits per heavy atom. The third kappa shape index (κ3) is 3.59. The summed E-state index contributed by atoms with van der Waals surface area (Å²) in [6, 6.07) is 5.84. The van der Waals surface area contributed by atoms with Gasteiger partial charge >= 0.3 is 0 Å². The number of benzene rings is 1. The number of hydrazine groups is 1. The van der Waals surface area contributed by atoms with Gasteiger partial charge < -0.3 is 4.74 Å². The van der Waals surface area contributed by atoms with Crippen molar-refractivity contribution in [1.82, 2.24) is 5.43 Å². The number of nitrogens with two attached hydrogens (primary N) is 1. The topological polar surface area (TPSA) is 64.3 Å². The van der Waals surface area contributed by atoms with E-state index in [1.807, 2.05) is 32.0 Å². The van der Waals surface area contributed by atoms with Gasteiger partial charge in [-0.3, -0.25) is 10.2 Å². The molecule has 0 radical (unpaired) electrons. The number of aryl methyl sites for hydroxylation is 2. The molecule has 0 aliphatic carbocycles. The van der Waals surface area contributed by atoms with Crippen molar-refractivity contribution in [2.45, 2.75) is 20.3 Å². The molecule has 3 N–H and O–H groups in total. The number of nitrogens with one attached hydrogen (secondary N) is 1. The summed E-state index contributed by atoms with van der Waals surface area (Å²) in [7, 11) is 0. The summed E-state index contributed by atoms with van der Waals surface area (Å²) in [4.78, 5) is 10.8. The SMILES string of the molecule is Cc1ccc(OCCC(=O)NN)cc1C. The first kappa shape index (κ1) is 11.5. The quantitative estimate of drug-likeness (QED) is 0.442. The maximum absolute atomic E-state index is 10.8. The normalized spacial score (nSPS) is 9.80. The van der Waals surface area contributed by atoms with Crippen LogP contribution in [0.3, 0.4) is 0 Å². The van der Waals surface area contributed by atoms with Gasteiger partial charge in [0.1, 0.15) is 5.75 Å². The zero-order chi connectivity index (χ0) is 11.3. The highest BCUT2D eigenvalue weighted by atomic mass is 16.5. The van der Waals surface area contributed by atoms with Crippen LogP contribution >= 0.6 is 0 Å². The minimum atomic E-state index is -0.223. The highest BCUT2D eigenvalue weighted by Crippen LogP contribution is 2.16. The molecule has 0 aliphatic heterocycles. The molecule has 15 heavy (non-hydrogen) atoms. The Balaban J connectivity index is 2.44. The van der Waals surface area contributed by atoms with Gasteiger partial charge in [-0.15, -0.1) is 0 Å². The molecule has 1 aromatic carbocycles. The van der Waals surface area contributed by atoms with Gasteiger partial charge in [0.05, 0.1) is 13.0 Å². The molecule has 4 heteroatoms. The van der Waals surface area contributed by atoms with Gasteiger partial charge in [0.2, 0.25) is 5.91 Å². The van der Waals surface area contributed by atoms with Crippen LogP contribution in [-0.4, -0.2) is 12.5 Å². The number of amides is 1. The third-order valence-corrected chi connectivity index (χ3v) is 2.24. The van der Waals surface area contributed by atoms with Crippen LogP contribution in [-0.2, 0) is 4.79 Å². The van der Waals surface area contributed by atoms with Gasteiger partial charge in [0, 0.05) is 0 Å². The van der Waals surface area contributed by atoms with Crippen molar-refractivity contribution in [1.29, 1.82) is 0 Å². The van der Waals surface area contributed by atoms with E-state index in [1.165, 1.54) is 11.1 Å². The first-order chi connectivity index (χ1) is 7.13. The first-order valence-electron chi connectivity index (χ1n) is 4.83. The molecular weight excluding hydrogens is 192 g/mol. The minimum absolute atomic E-state index is 0.223. The predicted molar refractivity (Wildman–Crippen MR) is 58.4 cm³/mol. The minimum Gasteiger partial charge on any atom is -0.493 e. The molecule has 0 aromatic heterocycles. The summed E-state index contributed by atoms with van der Waals surface area (Å²) in [6.07, 6.45) is 0.267. The summed E-state index contributed by atoms with van der Waals surface area (Å²) in [5.41, 5.74) is 4.45. The molecule has 0 saturated carbocycles. The second-order valence-corrected chi connectivity index (χ2v) is 3.41. The van der Waals surface area contributed by atoms with Gasteiger partial charge in [0.15, 0.2) is 0 Å². The van der Waals surface area contributed by atoms with Crippen LogP contribution in [0.4, 0.5) is 0 Å². The highest BCUT2D eigenvalue weighted by molar-refractivity contribution is 5.75. The van der Waals surface area contributed by atoms with E-state index in [9.17, 15) is 4.79 Å². The van der Waals surface area contributed by atoms with Crippen molar-refractivity contribution < 1.29 is 9.53 Å². The van der Waals surface area contributed by atoms with Crippen LogP contribution in [0.15, 0.2) is 18.2 Å². The van der Waals surface area contributed by atoms with Crippen LogP contribution in [0.25, 0.3) is 0 Å². The van der Waals surface area contributed by atoms with Gasteiger partial charge in [0.25, 0.3) is 0 Å². The summed E-state index contributed by atoms with van der Waals surface area (Å²) in [5.74, 6) is 5.50. The molecule has 0 spiro atoms. The summed E-state index contributed by atoms with van der Waals surface area (Å²) >= 11 is 0. The highest BCUT2D eigenvalue weighted by Gasteiger charge is 2.00. The Hall–Kier alpha value is -1.55. The number of rotatable bonds is 4. The summed E-state index contributed by atoms with van der Waals surface area (Å²) < 4.78 is 5.40. The molecule has 1 aromatic rings. The second-order valence-electron chi connectivity index (χ2n) is 3.41. The maximum atomic E-state index is 10.8. The molecule has 0 unspecified atom stereocenters. The lowest BCUT2D eigenvalue weighted by atomic mass is 10.1. The Bertz CT molecular complexity index is 350. The Kier molecular flexibility index (Phi) is 4.12. The van der Waals surface area contributed by atoms with Crippen molar-refractivity contribution in [3.8, 4) is 5.75 Å². The summed E-state index contributed by atoms with van der Waals surface area (Å²) in [5, 5.41) is 0. The van der Waals surface area contributed by atoms with Gasteiger partial charge in [-0.25, -0.2) is 5.84 Å². The lowest BCUT2D eigenvalue weighted by molar-refractivity contribution is -0.121. The van der Waals surface area contributed by atoms with Crippen LogP contribution in [0.2, 0.25) is 0 Å². The fraction of sp³-hybridized carbons (Fsp3) is 0.364. The maximum Gasteiger partial charge on any atom is 0.237 e. The molecule has 0 saturated heterocycles. The fourth-order valence-electron chi connectivity index (χ4n) is 1.14. The van der Waals surface area contributed by atoms with Crippen molar-refractivity contribution in [2.75, 3.05) is 6.61 Å². The van der Waals surface area contributed by atoms with Crippen LogP contribution < -0.4 is 16.0 Å². The number of ether oxygens (including phenoxy) is 1. The number of hydrogen-bond acceptors (Lipinski definition) is 3. The van der Waals surface area contributed by atoms with Crippen LogP contribution in [0.1, 0.15) is 17.5 Å². The van der Waals surface area contributed by atoms with Gasteiger partial charge in [-0.1, -0.05) is 6.07 Å². The van der Waals surface area contributed by atoms with E-state index in [1.54, 1.807) is 0 Å². The van der Waals surface area contributed by atoms with Crippen molar-refractivity contribution in [3.63, 3.8) is 0 Å². The van der Waals surface area contributed by atoms with Crippen molar-refractivity contribution >= 4 is 5.91 Å². The molecule has 0 aliphatic rings. The fourth-order valence-corrected chi connectivity index (χ4v) is 1.14. The Labute approximate surface area is 89.4 Å². The molecule has 0 bridgehead atoms. The molecule has 0 heterocycles. The average Bonchev–Trinajstić information content (AvgIpc) is 2.23. The van der Waals surface area contributed by atoms with E-state index >= 15 is 0 Å². The zero-order valence-corrected chi connectivity index (χ0v) is 9.04. The monoisotopic (exact) mass is 208 g/mol. The molecule has 4 nitrogen and oxygen atoms in total. The van der Waals surface area contributed by atoms with E-state index in [4.69, 9.17) is 10.6 Å². The standard InChI is InChI=1S/C11H16N2O2/c1-8-3-4-10(7-9(8)2)15-6-5-11(14)13-12/h3-4,7H,5-6,12H2,1-2H3,(H,13,14). The van der Waals surface area contributed by atoms with E-state index in [-0.39, 0.29) is 12.3 Å². The van der Waals surface area contributed by atoms with Crippen molar-refractivity contribution in [2.24, 2.45) is 5.84 Å². The average molecular weight is 208 g/mol. The van der Waals surface area contributed by atoms with E-state index < -0.39 is 0 Å². The Morgan fingerprint density at radius 3 is 2.73 bits per heavy atom. The summed E-state index contributed by atoms with van der Waals surface area (Å²) in [6.45, 7) is 4.40. The molecular formula is C11H16N2O2. The smallest absolute Gasteiger partial charge is 0.237 e. The van der Waals surface area contributed by atoms with E-state index in [0.29, 0.717) is 6.61 Å². The van der Waals surface area contributed by atoms with Crippen LogP contribution in [0, 0.1) is 13.8 Å². The van der Waals surface area contributed by atoms with Gasteiger partial charge in [-0.05, 0) is 37.1 Å². The largest absolute Gasteiger partial charge is 0.493 e. The molecule has 82 valence electrons. The van der Waals surface area contributed by atoms with Gasteiger partial charge in [-0.2, -0.15) is 0 Å².